The van der Waals surface area contributed by atoms with Crippen LogP contribution in [-0.2, 0) is 0 Å². The first-order valence-electron chi connectivity index (χ1n) is 6.31. The molecule has 2 heteroatoms. The summed E-state index contributed by atoms with van der Waals surface area (Å²) >= 11 is 0. The summed E-state index contributed by atoms with van der Waals surface area (Å²) in [4.78, 5) is 2.60. The fourth-order valence-corrected chi connectivity index (χ4v) is 2.43. The first-order chi connectivity index (χ1) is 7.40. The van der Waals surface area contributed by atoms with E-state index in [2.05, 4.69) is 16.1 Å². The standard InChI is InChI=1S/C13H22N2/c1-2-3-10-15(13-7-8-13)11-12-6-4-5-9-14-12/h1,12-14H,3-11H2. The molecule has 0 spiro atoms. The Morgan fingerprint density at radius 2 is 2.13 bits per heavy atom. The van der Waals surface area contributed by atoms with Gasteiger partial charge in [-0.3, -0.25) is 4.90 Å². The minimum absolute atomic E-state index is 0.720. The minimum Gasteiger partial charge on any atom is -0.313 e. The van der Waals surface area contributed by atoms with Crippen molar-refractivity contribution in [2.24, 2.45) is 0 Å². The van der Waals surface area contributed by atoms with E-state index in [0.717, 1.165) is 25.0 Å². The second-order valence-corrected chi connectivity index (χ2v) is 4.83. The van der Waals surface area contributed by atoms with Crippen molar-refractivity contribution in [2.75, 3.05) is 19.6 Å². The molecule has 1 heterocycles. The van der Waals surface area contributed by atoms with Crippen molar-refractivity contribution in [3.8, 4) is 12.3 Å². The normalized spacial score (nSPS) is 26.5. The first-order valence-corrected chi connectivity index (χ1v) is 6.31. The third-order valence-electron chi connectivity index (χ3n) is 3.47. The summed E-state index contributed by atoms with van der Waals surface area (Å²) in [7, 11) is 0. The van der Waals surface area contributed by atoms with Crippen LogP contribution in [0.5, 0.6) is 0 Å². The maximum absolute atomic E-state index is 5.34. The fourth-order valence-electron chi connectivity index (χ4n) is 2.43. The molecule has 0 aromatic heterocycles. The van der Waals surface area contributed by atoms with E-state index < -0.39 is 0 Å². The van der Waals surface area contributed by atoms with Crippen molar-refractivity contribution >= 4 is 0 Å². The van der Waals surface area contributed by atoms with Gasteiger partial charge in [-0.25, -0.2) is 0 Å². The molecule has 84 valence electrons. The summed E-state index contributed by atoms with van der Waals surface area (Å²) in [6, 6.07) is 1.57. The van der Waals surface area contributed by atoms with Gasteiger partial charge >= 0.3 is 0 Å². The summed E-state index contributed by atoms with van der Waals surface area (Å²) in [5.41, 5.74) is 0. The van der Waals surface area contributed by atoms with Crippen LogP contribution in [0.3, 0.4) is 0 Å². The lowest BCUT2D eigenvalue weighted by Crippen LogP contribution is -2.44. The molecule has 1 saturated heterocycles. The summed E-state index contributed by atoms with van der Waals surface area (Å²) in [6.07, 6.45) is 13.1. The van der Waals surface area contributed by atoms with Gasteiger partial charge in [-0.05, 0) is 32.2 Å². The number of nitrogens with zero attached hydrogens (tertiary/aromatic N) is 1. The van der Waals surface area contributed by atoms with Crippen LogP contribution in [0.1, 0.15) is 38.5 Å². The molecule has 1 atom stereocenters. The van der Waals surface area contributed by atoms with Crippen LogP contribution in [0, 0.1) is 12.3 Å². The van der Waals surface area contributed by atoms with Gasteiger partial charge < -0.3 is 5.32 Å². The average molecular weight is 206 g/mol. The van der Waals surface area contributed by atoms with Crippen LogP contribution < -0.4 is 5.32 Å². The van der Waals surface area contributed by atoms with Gasteiger partial charge in [0.2, 0.25) is 0 Å². The third-order valence-corrected chi connectivity index (χ3v) is 3.47. The first kappa shape index (κ1) is 11.0. The predicted molar refractivity (Wildman–Crippen MR) is 63.7 cm³/mol. The largest absolute Gasteiger partial charge is 0.313 e. The zero-order valence-corrected chi connectivity index (χ0v) is 9.54. The Balaban J connectivity index is 1.74. The van der Waals surface area contributed by atoms with Crippen molar-refractivity contribution in [3.05, 3.63) is 0 Å². The molecular formula is C13H22N2. The van der Waals surface area contributed by atoms with E-state index in [1.807, 2.05) is 0 Å². The topological polar surface area (TPSA) is 15.3 Å². The van der Waals surface area contributed by atoms with Crippen LogP contribution >= 0.6 is 0 Å². The molecule has 2 rings (SSSR count). The lowest BCUT2D eigenvalue weighted by molar-refractivity contribution is 0.220. The second kappa shape index (κ2) is 5.53. The molecular weight excluding hydrogens is 184 g/mol. The SMILES string of the molecule is C#CCCN(CC1CCCCN1)C1CC1. The number of hydrogen-bond donors (Lipinski definition) is 1. The molecule has 1 aliphatic carbocycles. The van der Waals surface area contributed by atoms with Gasteiger partial charge in [-0.1, -0.05) is 6.42 Å². The van der Waals surface area contributed by atoms with Crippen molar-refractivity contribution in [3.63, 3.8) is 0 Å². The maximum atomic E-state index is 5.34. The van der Waals surface area contributed by atoms with Crippen molar-refractivity contribution in [1.82, 2.24) is 10.2 Å². The Morgan fingerprint density at radius 3 is 2.73 bits per heavy atom. The number of hydrogen-bond acceptors (Lipinski definition) is 2. The molecule has 1 saturated carbocycles. The number of piperidine rings is 1. The third kappa shape index (κ3) is 3.52. The number of rotatable bonds is 5. The summed E-state index contributed by atoms with van der Waals surface area (Å²) < 4.78 is 0. The number of terminal acetylenes is 1. The van der Waals surface area contributed by atoms with E-state index in [0.29, 0.717) is 0 Å². The minimum atomic E-state index is 0.720. The van der Waals surface area contributed by atoms with Gasteiger partial charge in [0.25, 0.3) is 0 Å². The highest BCUT2D eigenvalue weighted by Crippen LogP contribution is 2.27. The molecule has 15 heavy (non-hydrogen) atoms. The van der Waals surface area contributed by atoms with E-state index in [1.54, 1.807) is 0 Å². The van der Waals surface area contributed by atoms with Gasteiger partial charge in [-0.2, -0.15) is 0 Å². The molecule has 0 radical (unpaired) electrons. The van der Waals surface area contributed by atoms with Crippen molar-refractivity contribution in [1.29, 1.82) is 0 Å². The molecule has 0 amide bonds. The van der Waals surface area contributed by atoms with Crippen LogP contribution in [0.25, 0.3) is 0 Å². The zero-order valence-electron chi connectivity index (χ0n) is 9.54. The smallest absolute Gasteiger partial charge is 0.0214 e. The van der Waals surface area contributed by atoms with E-state index in [-0.39, 0.29) is 0 Å². The molecule has 0 aromatic rings. The monoisotopic (exact) mass is 206 g/mol. The summed E-state index contributed by atoms with van der Waals surface area (Å²) in [6.45, 7) is 3.52. The van der Waals surface area contributed by atoms with E-state index in [1.165, 1.54) is 45.2 Å². The quantitative estimate of drug-likeness (QED) is 0.688. The van der Waals surface area contributed by atoms with Gasteiger partial charge in [-0.15, -0.1) is 12.3 Å². The maximum Gasteiger partial charge on any atom is 0.0214 e. The van der Waals surface area contributed by atoms with Crippen LogP contribution in [0.2, 0.25) is 0 Å². The molecule has 1 aliphatic heterocycles. The van der Waals surface area contributed by atoms with Gasteiger partial charge in [0.05, 0.1) is 0 Å². The van der Waals surface area contributed by atoms with E-state index in [4.69, 9.17) is 6.42 Å². The zero-order chi connectivity index (χ0) is 10.5. The van der Waals surface area contributed by atoms with Crippen molar-refractivity contribution < 1.29 is 0 Å². The Hall–Kier alpha value is -0.520. The Morgan fingerprint density at radius 1 is 1.27 bits per heavy atom. The summed E-state index contributed by atoms with van der Waals surface area (Å²) in [5.74, 6) is 2.76. The van der Waals surface area contributed by atoms with E-state index in [9.17, 15) is 0 Å². The lowest BCUT2D eigenvalue weighted by Gasteiger charge is -2.30. The highest BCUT2D eigenvalue weighted by Gasteiger charge is 2.30. The number of nitrogens with one attached hydrogen (secondary N) is 1. The van der Waals surface area contributed by atoms with Crippen LogP contribution in [-0.4, -0.2) is 36.6 Å². The van der Waals surface area contributed by atoms with Crippen LogP contribution in [0.4, 0.5) is 0 Å². The van der Waals surface area contributed by atoms with Crippen molar-refractivity contribution in [2.45, 2.75) is 50.6 Å². The lowest BCUT2D eigenvalue weighted by atomic mass is 10.0. The molecule has 0 aromatic carbocycles. The molecule has 1 unspecified atom stereocenters. The van der Waals surface area contributed by atoms with E-state index >= 15 is 0 Å². The molecule has 2 aliphatic rings. The average Bonchev–Trinajstić information content (AvgIpc) is 3.09. The second-order valence-electron chi connectivity index (χ2n) is 4.83. The molecule has 2 fully saturated rings. The van der Waals surface area contributed by atoms with Crippen LogP contribution in [0.15, 0.2) is 0 Å². The Bertz CT molecular complexity index is 221. The Labute approximate surface area is 93.4 Å². The molecule has 1 N–H and O–H groups in total. The molecule has 2 nitrogen and oxygen atoms in total. The van der Waals surface area contributed by atoms with Gasteiger partial charge in [0.15, 0.2) is 0 Å². The Kier molecular flexibility index (Phi) is 4.05. The highest BCUT2D eigenvalue weighted by atomic mass is 15.2. The molecule has 0 bridgehead atoms. The van der Waals surface area contributed by atoms with Gasteiger partial charge in [0.1, 0.15) is 0 Å². The fraction of sp³-hybridized carbons (Fsp3) is 0.846. The predicted octanol–water partition coefficient (Wildman–Crippen LogP) is 1.62. The van der Waals surface area contributed by atoms with Gasteiger partial charge in [0, 0.05) is 31.6 Å². The summed E-state index contributed by atoms with van der Waals surface area (Å²) in [5, 5.41) is 3.62. The highest BCUT2D eigenvalue weighted by molar-refractivity contribution is 4.91.